The molecule has 2 unspecified atom stereocenters. The van der Waals surface area contributed by atoms with Crippen LogP contribution in [0.5, 0.6) is 0 Å². The van der Waals surface area contributed by atoms with Crippen molar-refractivity contribution in [3.8, 4) is 0 Å². The summed E-state index contributed by atoms with van der Waals surface area (Å²) in [6, 6.07) is 0.191. The van der Waals surface area contributed by atoms with Gasteiger partial charge in [0.2, 0.25) is 11.8 Å². The van der Waals surface area contributed by atoms with Gasteiger partial charge in [0.25, 0.3) is 0 Å². The molecule has 102 valence electrons. The van der Waals surface area contributed by atoms with E-state index in [1.54, 1.807) is 4.90 Å². The highest BCUT2D eigenvalue weighted by molar-refractivity contribution is 6.05. The molecule has 3 heteroatoms. The van der Waals surface area contributed by atoms with E-state index in [9.17, 15) is 9.59 Å². The van der Waals surface area contributed by atoms with Gasteiger partial charge in [-0.25, -0.2) is 0 Å². The largest absolute Gasteiger partial charge is 0.279 e. The molecule has 0 radical (unpaired) electrons. The summed E-state index contributed by atoms with van der Waals surface area (Å²) in [5.74, 6) is 0.325. The molecule has 1 heterocycles. The van der Waals surface area contributed by atoms with Crippen molar-refractivity contribution >= 4 is 11.8 Å². The van der Waals surface area contributed by atoms with E-state index in [0.717, 1.165) is 32.1 Å². The predicted octanol–water partition coefficient (Wildman–Crippen LogP) is 2.99. The standard InChI is InChI=1S/C15H25NO2/c1-4-12-13(10(2)3)15(18)16(14(12)17)11-8-6-5-7-9-11/h10-13H,4-9H2,1-3H3. The number of rotatable bonds is 3. The number of carbonyl (C=O) groups is 2. The number of imide groups is 1. The van der Waals surface area contributed by atoms with Gasteiger partial charge in [-0.2, -0.15) is 0 Å². The van der Waals surface area contributed by atoms with Crippen molar-refractivity contribution in [2.75, 3.05) is 0 Å². The molecule has 1 aliphatic carbocycles. The minimum Gasteiger partial charge on any atom is -0.279 e. The van der Waals surface area contributed by atoms with Crippen LogP contribution in [-0.2, 0) is 9.59 Å². The summed E-state index contributed by atoms with van der Waals surface area (Å²) in [5.41, 5.74) is 0. The van der Waals surface area contributed by atoms with Gasteiger partial charge in [-0.3, -0.25) is 14.5 Å². The first-order valence-corrected chi connectivity index (χ1v) is 7.44. The molecule has 18 heavy (non-hydrogen) atoms. The first kappa shape index (κ1) is 13.6. The quantitative estimate of drug-likeness (QED) is 0.723. The number of hydrogen-bond donors (Lipinski definition) is 0. The highest BCUT2D eigenvalue weighted by Gasteiger charge is 2.49. The highest BCUT2D eigenvalue weighted by atomic mass is 16.2. The molecule has 0 aromatic rings. The molecule has 0 aromatic carbocycles. The van der Waals surface area contributed by atoms with Gasteiger partial charge in [-0.1, -0.05) is 40.0 Å². The molecule has 1 saturated carbocycles. The Morgan fingerprint density at radius 3 is 2.17 bits per heavy atom. The van der Waals surface area contributed by atoms with Gasteiger partial charge in [0.1, 0.15) is 0 Å². The summed E-state index contributed by atoms with van der Waals surface area (Å²) in [7, 11) is 0. The fourth-order valence-electron chi connectivity index (χ4n) is 3.65. The molecule has 2 fully saturated rings. The highest BCUT2D eigenvalue weighted by Crippen LogP contribution is 2.37. The Hall–Kier alpha value is -0.860. The fourth-order valence-corrected chi connectivity index (χ4v) is 3.65. The van der Waals surface area contributed by atoms with Crippen molar-refractivity contribution in [2.45, 2.75) is 65.3 Å². The lowest BCUT2D eigenvalue weighted by atomic mass is 9.84. The Kier molecular flexibility index (Phi) is 4.08. The molecule has 1 aliphatic heterocycles. The predicted molar refractivity (Wildman–Crippen MR) is 70.8 cm³/mol. The van der Waals surface area contributed by atoms with E-state index < -0.39 is 0 Å². The number of nitrogens with zero attached hydrogens (tertiary/aromatic N) is 1. The number of carbonyl (C=O) groups excluding carboxylic acids is 2. The van der Waals surface area contributed by atoms with Gasteiger partial charge in [0, 0.05) is 6.04 Å². The maximum atomic E-state index is 12.5. The minimum absolute atomic E-state index is 0.0700. The Morgan fingerprint density at radius 1 is 1.11 bits per heavy atom. The zero-order valence-electron chi connectivity index (χ0n) is 11.8. The molecule has 0 bridgehead atoms. The maximum absolute atomic E-state index is 12.5. The van der Waals surface area contributed by atoms with Crippen LogP contribution in [0.2, 0.25) is 0 Å². The second kappa shape index (κ2) is 5.41. The van der Waals surface area contributed by atoms with E-state index in [2.05, 4.69) is 13.8 Å². The monoisotopic (exact) mass is 251 g/mol. The average Bonchev–Trinajstić information content (AvgIpc) is 2.61. The first-order valence-electron chi connectivity index (χ1n) is 7.44. The molecule has 0 N–H and O–H groups in total. The normalized spacial score (nSPS) is 30.6. The first-order chi connectivity index (χ1) is 8.57. The fraction of sp³-hybridized carbons (Fsp3) is 0.867. The van der Waals surface area contributed by atoms with Gasteiger partial charge >= 0.3 is 0 Å². The molecule has 1 saturated heterocycles. The minimum atomic E-state index is -0.0792. The van der Waals surface area contributed by atoms with Crippen molar-refractivity contribution in [2.24, 2.45) is 17.8 Å². The summed E-state index contributed by atoms with van der Waals surface area (Å²) in [4.78, 5) is 26.6. The zero-order valence-corrected chi connectivity index (χ0v) is 11.8. The third kappa shape index (κ3) is 2.19. The van der Waals surface area contributed by atoms with Crippen molar-refractivity contribution in [3.05, 3.63) is 0 Å². The molecule has 2 rings (SSSR count). The van der Waals surface area contributed by atoms with E-state index in [0.29, 0.717) is 0 Å². The van der Waals surface area contributed by atoms with Gasteiger partial charge in [0.05, 0.1) is 11.8 Å². The summed E-state index contributed by atoms with van der Waals surface area (Å²) in [5, 5.41) is 0. The molecular weight excluding hydrogens is 226 g/mol. The van der Waals surface area contributed by atoms with E-state index in [1.165, 1.54) is 6.42 Å². The maximum Gasteiger partial charge on any atom is 0.233 e. The molecule has 0 spiro atoms. The van der Waals surface area contributed by atoms with Crippen molar-refractivity contribution < 1.29 is 9.59 Å². The molecular formula is C15H25NO2. The van der Waals surface area contributed by atoms with E-state index in [4.69, 9.17) is 0 Å². The second-order valence-electron chi connectivity index (χ2n) is 6.12. The SMILES string of the molecule is CCC1C(=O)N(C2CCCCC2)C(=O)C1C(C)C. The van der Waals surface area contributed by atoms with E-state index in [1.807, 2.05) is 6.92 Å². The molecule has 2 atom stereocenters. The van der Waals surface area contributed by atoms with Gasteiger partial charge in [0.15, 0.2) is 0 Å². The van der Waals surface area contributed by atoms with E-state index >= 15 is 0 Å². The average molecular weight is 251 g/mol. The summed E-state index contributed by atoms with van der Waals surface area (Å²) >= 11 is 0. The van der Waals surface area contributed by atoms with Gasteiger partial charge in [-0.15, -0.1) is 0 Å². The summed E-state index contributed by atoms with van der Waals surface area (Å²) in [6.07, 6.45) is 6.38. The lowest BCUT2D eigenvalue weighted by Gasteiger charge is -2.30. The Labute approximate surface area is 110 Å². The van der Waals surface area contributed by atoms with Crippen LogP contribution in [-0.4, -0.2) is 22.8 Å². The lowest BCUT2D eigenvalue weighted by molar-refractivity contribution is -0.143. The number of amides is 2. The molecule has 3 nitrogen and oxygen atoms in total. The Balaban J connectivity index is 2.20. The Bertz CT molecular complexity index is 331. The van der Waals surface area contributed by atoms with Gasteiger partial charge in [-0.05, 0) is 25.2 Å². The van der Waals surface area contributed by atoms with Crippen molar-refractivity contribution in [1.82, 2.24) is 4.90 Å². The summed E-state index contributed by atoms with van der Waals surface area (Å²) < 4.78 is 0. The smallest absolute Gasteiger partial charge is 0.233 e. The third-order valence-corrected chi connectivity index (χ3v) is 4.61. The lowest BCUT2D eigenvalue weighted by Crippen LogP contribution is -2.42. The van der Waals surface area contributed by atoms with Crippen LogP contribution in [0.3, 0.4) is 0 Å². The van der Waals surface area contributed by atoms with Crippen LogP contribution in [0.15, 0.2) is 0 Å². The molecule has 2 amide bonds. The third-order valence-electron chi connectivity index (χ3n) is 4.61. The van der Waals surface area contributed by atoms with Crippen molar-refractivity contribution in [3.63, 3.8) is 0 Å². The van der Waals surface area contributed by atoms with Crippen LogP contribution >= 0.6 is 0 Å². The zero-order chi connectivity index (χ0) is 13.3. The molecule has 2 aliphatic rings. The Morgan fingerprint density at radius 2 is 1.72 bits per heavy atom. The van der Waals surface area contributed by atoms with Crippen molar-refractivity contribution in [1.29, 1.82) is 0 Å². The number of hydrogen-bond acceptors (Lipinski definition) is 2. The van der Waals surface area contributed by atoms with Crippen LogP contribution < -0.4 is 0 Å². The topological polar surface area (TPSA) is 37.4 Å². The second-order valence-corrected chi connectivity index (χ2v) is 6.12. The van der Waals surface area contributed by atoms with Crippen LogP contribution in [0.4, 0.5) is 0 Å². The summed E-state index contributed by atoms with van der Waals surface area (Å²) in [6.45, 7) is 6.14. The van der Waals surface area contributed by atoms with Crippen LogP contribution in [0.1, 0.15) is 59.3 Å². The van der Waals surface area contributed by atoms with E-state index in [-0.39, 0.29) is 35.6 Å². The van der Waals surface area contributed by atoms with Crippen LogP contribution in [0, 0.1) is 17.8 Å². The van der Waals surface area contributed by atoms with Gasteiger partial charge < -0.3 is 0 Å². The molecule has 0 aromatic heterocycles. The number of likely N-dealkylation sites (tertiary alicyclic amines) is 1. The van der Waals surface area contributed by atoms with Crippen LogP contribution in [0.25, 0.3) is 0 Å².